The van der Waals surface area contributed by atoms with Gasteiger partial charge in [0.25, 0.3) is 0 Å². The maximum atomic E-state index is 4.61. The van der Waals surface area contributed by atoms with Gasteiger partial charge in [-0.15, -0.1) is 35.4 Å². The van der Waals surface area contributed by atoms with Crippen LogP contribution in [0.2, 0.25) is 0 Å². The second kappa shape index (κ2) is 4.51. The second-order valence-corrected chi connectivity index (χ2v) is 5.65. The molecule has 0 unspecified atom stereocenters. The summed E-state index contributed by atoms with van der Waals surface area (Å²) in [6.45, 7) is 4.56. The SMILES string of the molecule is CC1(C)c2ccc[c-]c2-c2nccc3cccc1c23.[Ir]. The van der Waals surface area contributed by atoms with Crippen LogP contribution in [0.25, 0.3) is 22.0 Å². The fraction of sp³-hybridized carbons (Fsp3) is 0.167. The van der Waals surface area contributed by atoms with Gasteiger partial charge in [-0.25, -0.2) is 0 Å². The Morgan fingerprint density at radius 3 is 2.65 bits per heavy atom. The van der Waals surface area contributed by atoms with E-state index in [1.54, 1.807) is 0 Å². The quantitative estimate of drug-likeness (QED) is 0.478. The van der Waals surface area contributed by atoms with E-state index < -0.39 is 0 Å². The number of hydrogen-bond donors (Lipinski definition) is 0. The minimum absolute atomic E-state index is 0. The van der Waals surface area contributed by atoms with Crippen LogP contribution in [0.1, 0.15) is 25.0 Å². The van der Waals surface area contributed by atoms with Gasteiger partial charge in [0.2, 0.25) is 0 Å². The summed E-state index contributed by atoms with van der Waals surface area (Å²) in [6, 6.07) is 18.2. The maximum Gasteiger partial charge on any atom is 0.0167 e. The summed E-state index contributed by atoms with van der Waals surface area (Å²) in [6.07, 6.45) is 1.89. The monoisotopic (exact) mass is 437 g/mol. The normalized spacial score (nSPS) is 14.5. The van der Waals surface area contributed by atoms with Crippen LogP contribution in [0.15, 0.2) is 48.7 Å². The van der Waals surface area contributed by atoms with Gasteiger partial charge in [-0.05, 0) is 33.5 Å². The van der Waals surface area contributed by atoms with Gasteiger partial charge in [-0.2, -0.15) is 0 Å². The molecule has 2 aromatic carbocycles. The van der Waals surface area contributed by atoms with E-state index in [4.69, 9.17) is 0 Å². The van der Waals surface area contributed by atoms with Crippen molar-refractivity contribution in [3.8, 4) is 11.3 Å². The first-order chi connectivity index (χ1) is 9.19. The van der Waals surface area contributed by atoms with E-state index in [9.17, 15) is 0 Å². The molecule has 1 radical (unpaired) electrons. The molecule has 1 aliphatic rings. The second-order valence-electron chi connectivity index (χ2n) is 5.65. The van der Waals surface area contributed by atoms with E-state index in [2.05, 4.69) is 61.3 Å². The molecule has 1 aromatic heterocycles. The number of rotatable bonds is 0. The van der Waals surface area contributed by atoms with Gasteiger partial charge in [0.15, 0.2) is 0 Å². The zero-order valence-electron chi connectivity index (χ0n) is 11.4. The molecule has 0 spiro atoms. The average Bonchev–Trinajstić information content (AvgIpc) is 2.45. The van der Waals surface area contributed by atoms with Crippen molar-refractivity contribution < 1.29 is 20.1 Å². The minimum Gasteiger partial charge on any atom is -0.304 e. The van der Waals surface area contributed by atoms with E-state index >= 15 is 0 Å². The van der Waals surface area contributed by atoms with Crippen LogP contribution in [0.3, 0.4) is 0 Å². The molecule has 0 fully saturated rings. The Bertz CT molecular complexity index is 800. The van der Waals surface area contributed by atoms with Crippen molar-refractivity contribution in [2.45, 2.75) is 19.3 Å². The molecule has 2 heteroatoms. The van der Waals surface area contributed by atoms with Crippen molar-refractivity contribution in [2.75, 3.05) is 0 Å². The van der Waals surface area contributed by atoms with Crippen LogP contribution in [0.5, 0.6) is 0 Å². The predicted molar refractivity (Wildman–Crippen MR) is 78.1 cm³/mol. The summed E-state index contributed by atoms with van der Waals surface area (Å²) >= 11 is 0. The van der Waals surface area contributed by atoms with Gasteiger partial charge in [0.05, 0.1) is 0 Å². The van der Waals surface area contributed by atoms with E-state index in [0.717, 1.165) is 11.3 Å². The molecule has 1 aliphatic carbocycles. The van der Waals surface area contributed by atoms with Crippen molar-refractivity contribution in [3.63, 3.8) is 0 Å². The molecule has 3 aromatic rings. The summed E-state index contributed by atoms with van der Waals surface area (Å²) in [7, 11) is 0. The molecule has 0 saturated heterocycles. The molecule has 101 valence electrons. The van der Waals surface area contributed by atoms with Crippen LogP contribution in [0.4, 0.5) is 0 Å². The number of fused-ring (bicyclic) bond motifs is 2. The van der Waals surface area contributed by atoms with Crippen molar-refractivity contribution in [1.29, 1.82) is 0 Å². The third kappa shape index (κ3) is 1.62. The van der Waals surface area contributed by atoms with E-state index in [-0.39, 0.29) is 25.5 Å². The standard InChI is InChI=1S/C18H14N.Ir/c1-18(2)14-8-4-3-7-13(14)17-16-12(10-11-19-17)6-5-9-15(16)18;/h3-6,8-11H,1-2H3;/q-1;. The van der Waals surface area contributed by atoms with E-state index in [1.807, 2.05) is 12.3 Å². The molecule has 0 bridgehead atoms. The zero-order valence-corrected chi connectivity index (χ0v) is 13.8. The van der Waals surface area contributed by atoms with E-state index in [1.165, 1.54) is 21.9 Å². The molecular formula is C18H14IrN-. The van der Waals surface area contributed by atoms with Crippen molar-refractivity contribution in [3.05, 3.63) is 65.9 Å². The number of hydrogen-bond acceptors (Lipinski definition) is 1. The molecule has 0 aliphatic heterocycles. The van der Waals surface area contributed by atoms with Crippen LogP contribution >= 0.6 is 0 Å². The topological polar surface area (TPSA) is 12.9 Å². The Morgan fingerprint density at radius 2 is 1.80 bits per heavy atom. The van der Waals surface area contributed by atoms with Gasteiger partial charge in [-0.3, -0.25) is 0 Å². The Balaban J connectivity index is 0.00000121. The molecule has 1 heterocycles. The van der Waals surface area contributed by atoms with Crippen molar-refractivity contribution in [1.82, 2.24) is 4.98 Å². The molecule has 1 nitrogen and oxygen atoms in total. The molecule has 20 heavy (non-hydrogen) atoms. The summed E-state index contributed by atoms with van der Waals surface area (Å²) in [5.41, 5.74) is 4.90. The molecule has 4 rings (SSSR count). The Morgan fingerprint density at radius 1 is 1.00 bits per heavy atom. The largest absolute Gasteiger partial charge is 0.304 e. The molecule has 0 atom stereocenters. The Labute approximate surface area is 132 Å². The molecular weight excluding hydrogens is 422 g/mol. The Hall–Kier alpha value is -1.50. The van der Waals surface area contributed by atoms with Gasteiger partial charge < -0.3 is 4.98 Å². The number of aromatic nitrogens is 1. The van der Waals surface area contributed by atoms with Gasteiger partial charge >= 0.3 is 0 Å². The molecule has 0 saturated carbocycles. The fourth-order valence-corrected chi connectivity index (χ4v) is 3.24. The summed E-state index contributed by atoms with van der Waals surface area (Å²) in [5, 5.41) is 2.54. The van der Waals surface area contributed by atoms with Gasteiger partial charge in [0.1, 0.15) is 0 Å². The maximum absolute atomic E-state index is 4.61. The fourth-order valence-electron chi connectivity index (χ4n) is 3.24. The van der Waals surface area contributed by atoms with Crippen LogP contribution in [-0.4, -0.2) is 4.98 Å². The van der Waals surface area contributed by atoms with Crippen LogP contribution in [-0.2, 0) is 25.5 Å². The van der Waals surface area contributed by atoms with Crippen LogP contribution in [0, 0.1) is 6.07 Å². The first kappa shape index (κ1) is 13.5. The minimum atomic E-state index is 0. The number of benzene rings is 2. The predicted octanol–water partition coefficient (Wildman–Crippen LogP) is 4.34. The van der Waals surface area contributed by atoms with Gasteiger partial charge in [0, 0.05) is 26.3 Å². The van der Waals surface area contributed by atoms with Crippen molar-refractivity contribution >= 4 is 10.8 Å². The Kier molecular flexibility index (Phi) is 3.04. The smallest absolute Gasteiger partial charge is 0.0167 e. The zero-order chi connectivity index (χ0) is 13.0. The summed E-state index contributed by atoms with van der Waals surface area (Å²) < 4.78 is 0. The third-order valence-corrected chi connectivity index (χ3v) is 4.23. The average molecular weight is 437 g/mol. The summed E-state index contributed by atoms with van der Waals surface area (Å²) in [5.74, 6) is 0. The first-order valence-electron chi connectivity index (χ1n) is 6.59. The summed E-state index contributed by atoms with van der Waals surface area (Å²) in [4.78, 5) is 4.61. The molecule has 0 N–H and O–H groups in total. The van der Waals surface area contributed by atoms with Crippen LogP contribution < -0.4 is 0 Å². The third-order valence-electron chi connectivity index (χ3n) is 4.23. The van der Waals surface area contributed by atoms with Gasteiger partial charge in [-0.1, -0.05) is 32.0 Å². The number of pyridine rings is 1. The molecule has 0 amide bonds. The van der Waals surface area contributed by atoms with Crippen molar-refractivity contribution in [2.24, 2.45) is 0 Å². The van der Waals surface area contributed by atoms with E-state index in [0.29, 0.717) is 0 Å². The number of nitrogens with zero attached hydrogens (tertiary/aromatic N) is 1. The first-order valence-corrected chi connectivity index (χ1v) is 6.59.